The first-order valence-corrected chi connectivity index (χ1v) is 9.50. The fourth-order valence-corrected chi connectivity index (χ4v) is 2.88. The Bertz CT molecular complexity index is 875. The lowest BCUT2D eigenvalue weighted by molar-refractivity contribution is 0.104. The van der Waals surface area contributed by atoms with Gasteiger partial charge in [0.1, 0.15) is 0 Å². The van der Waals surface area contributed by atoms with Crippen molar-refractivity contribution in [3.05, 3.63) is 69.7 Å². The van der Waals surface area contributed by atoms with E-state index in [-0.39, 0.29) is 11.5 Å². The lowest BCUT2D eigenvalue weighted by Gasteiger charge is -2.06. The van der Waals surface area contributed by atoms with Gasteiger partial charge in [0.05, 0.1) is 15.8 Å². The van der Waals surface area contributed by atoms with E-state index in [9.17, 15) is 13.2 Å². The zero-order valence-electron chi connectivity index (χ0n) is 12.8. The number of rotatable bonds is 6. The monoisotopic (exact) mass is 383 g/mol. The van der Waals surface area contributed by atoms with Crippen LogP contribution in [0.3, 0.4) is 0 Å². The van der Waals surface area contributed by atoms with E-state index in [2.05, 4.69) is 4.72 Å². The molecule has 0 unspecified atom stereocenters. The number of carbonyl (C=O) groups is 1. The molecule has 0 heterocycles. The van der Waals surface area contributed by atoms with Gasteiger partial charge < -0.3 is 0 Å². The molecule has 126 valence electrons. The summed E-state index contributed by atoms with van der Waals surface area (Å²) in [6, 6.07) is 11.4. The molecule has 0 aliphatic carbocycles. The zero-order chi connectivity index (χ0) is 17.7. The predicted octanol–water partition coefficient (Wildman–Crippen LogP) is 4.65. The third-order valence-electron chi connectivity index (χ3n) is 3.22. The third-order valence-corrected chi connectivity index (χ3v) is 5.36. The molecule has 0 amide bonds. The van der Waals surface area contributed by atoms with E-state index in [1.54, 1.807) is 55.5 Å². The normalized spacial score (nSPS) is 11.6. The SMILES string of the molecule is CCS(=O)(=O)Nc1ccc(C(=O)C=Cc2cccc(Cl)c2Cl)cc1. The molecule has 4 nitrogen and oxygen atoms in total. The number of ketones is 1. The second kappa shape index (κ2) is 7.83. The second-order valence-electron chi connectivity index (χ2n) is 4.92. The van der Waals surface area contributed by atoms with Crippen LogP contribution < -0.4 is 4.72 Å². The first kappa shape index (κ1) is 18.5. The Kier molecular flexibility index (Phi) is 6.04. The van der Waals surface area contributed by atoms with Crippen LogP contribution in [-0.4, -0.2) is 20.0 Å². The number of halogens is 2. The Morgan fingerprint density at radius 3 is 2.42 bits per heavy atom. The summed E-state index contributed by atoms with van der Waals surface area (Å²) in [5.74, 6) is -0.243. The van der Waals surface area contributed by atoms with E-state index in [1.807, 2.05) is 0 Å². The molecule has 2 aromatic rings. The van der Waals surface area contributed by atoms with E-state index in [0.29, 0.717) is 26.9 Å². The molecule has 0 aliphatic rings. The van der Waals surface area contributed by atoms with E-state index in [4.69, 9.17) is 23.2 Å². The Morgan fingerprint density at radius 2 is 1.79 bits per heavy atom. The van der Waals surface area contributed by atoms with Gasteiger partial charge in [0.2, 0.25) is 10.0 Å². The van der Waals surface area contributed by atoms with Crippen LogP contribution >= 0.6 is 23.2 Å². The predicted molar refractivity (Wildman–Crippen MR) is 99.4 cm³/mol. The molecule has 0 aliphatic heterocycles. The minimum absolute atomic E-state index is 0.0170. The van der Waals surface area contributed by atoms with Crippen molar-refractivity contribution in [2.45, 2.75) is 6.92 Å². The van der Waals surface area contributed by atoms with E-state index in [1.165, 1.54) is 6.08 Å². The summed E-state index contributed by atoms with van der Waals surface area (Å²) in [7, 11) is -3.34. The lowest BCUT2D eigenvalue weighted by Crippen LogP contribution is -2.14. The summed E-state index contributed by atoms with van der Waals surface area (Å²) in [5.41, 5.74) is 1.49. The molecule has 0 spiro atoms. The molecule has 0 saturated carbocycles. The lowest BCUT2D eigenvalue weighted by atomic mass is 10.1. The van der Waals surface area contributed by atoms with Crippen LogP contribution in [0.25, 0.3) is 6.08 Å². The maximum atomic E-state index is 12.2. The first-order chi connectivity index (χ1) is 11.3. The molecule has 2 aromatic carbocycles. The van der Waals surface area contributed by atoms with Gasteiger partial charge in [-0.1, -0.05) is 35.3 Å². The summed E-state index contributed by atoms with van der Waals surface area (Å²) in [4.78, 5) is 12.2. The highest BCUT2D eigenvalue weighted by atomic mass is 35.5. The van der Waals surface area contributed by atoms with Gasteiger partial charge >= 0.3 is 0 Å². The van der Waals surface area contributed by atoms with Crippen LogP contribution in [0.4, 0.5) is 5.69 Å². The number of hydrogen-bond donors (Lipinski definition) is 1. The van der Waals surface area contributed by atoms with Crippen LogP contribution in [0.15, 0.2) is 48.5 Å². The topological polar surface area (TPSA) is 63.2 Å². The summed E-state index contributed by atoms with van der Waals surface area (Å²) in [5, 5.41) is 0.798. The van der Waals surface area contributed by atoms with Gasteiger partial charge in [-0.15, -0.1) is 0 Å². The number of allylic oxidation sites excluding steroid dienone is 1. The molecule has 0 atom stereocenters. The van der Waals surface area contributed by atoms with Crippen molar-refractivity contribution in [1.82, 2.24) is 0 Å². The summed E-state index contributed by atoms with van der Waals surface area (Å²) < 4.78 is 25.4. The number of sulfonamides is 1. The molecule has 0 saturated heterocycles. The van der Waals surface area contributed by atoms with Crippen molar-refractivity contribution in [3.8, 4) is 0 Å². The van der Waals surface area contributed by atoms with Crippen LogP contribution in [0, 0.1) is 0 Å². The zero-order valence-corrected chi connectivity index (χ0v) is 15.1. The average Bonchev–Trinajstić information content (AvgIpc) is 2.56. The number of hydrogen-bond acceptors (Lipinski definition) is 3. The molecule has 2 rings (SSSR count). The van der Waals surface area contributed by atoms with Gasteiger partial charge in [0, 0.05) is 11.3 Å². The van der Waals surface area contributed by atoms with Crippen molar-refractivity contribution in [1.29, 1.82) is 0 Å². The minimum atomic E-state index is -3.34. The summed E-state index contributed by atoms with van der Waals surface area (Å²) in [6.07, 6.45) is 2.98. The molecule has 7 heteroatoms. The maximum Gasteiger partial charge on any atom is 0.232 e. The molecule has 0 radical (unpaired) electrons. The van der Waals surface area contributed by atoms with E-state index < -0.39 is 10.0 Å². The van der Waals surface area contributed by atoms with Gasteiger partial charge in [-0.3, -0.25) is 9.52 Å². The van der Waals surface area contributed by atoms with Crippen molar-refractivity contribution >= 4 is 50.8 Å². The fourth-order valence-electron chi connectivity index (χ4n) is 1.87. The van der Waals surface area contributed by atoms with E-state index in [0.717, 1.165) is 0 Å². The first-order valence-electron chi connectivity index (χ1n) is 7.09. The second-order valence-corrected chi connectivity index (χ2v) is 7.72. The largest absolute Gasteiger partial charge is 0.289 e. The molecule has 0 bridgehead atoms. The van der Waals surface area contributed by atoms with Gasteiger partial charge in [-0.2, -0.15) is 0 Å². The molecular weight excluding hydrogens is 369 g/mol. The minimum Gasteiger partial charge on any atom is -0.289 e. The van der Waals surface area contributed by atoms with Gasteiger partial charge in [0.15, 0.2) is 5.78 Å². The smallest absolute Gasteiger partial charge is 0.232 e. The highest BCUT2D eigenvalue weighted by Crippen LogP contribution is 2.26. The number of benzene rings is 2. The molecule has 0 aromatic heterocycles. The van der Waals surface area contributed by atoms with Crippen LogP contribution in [0.5, 0.6) is 0 Å². The van der Waals surface area contributed by atoms with Crippen molar-refractivity contribution < 1.29 is 13.2 Å². The van der Waals surface area contributed by atoms with Gasteiger partial charge in [-0.05, 0) is 55.0 Å². The number of nitrogens with one attached hydrogen (secondary N) is 1. The molecular formula is C17H15Cl2NO3S. The molecule has 0 fully saturated rings. The van der Waals surface area contributed by atoms with Crippen molar-refractivity contribution in [3.63, 3.8) is 0 Å². The molecule has 1 N–H and O–H groups in total. The fraction of sp³-hybridized carbons (Fsp3) is 0.118. The van der Waals surface area contributed by atoms with Crippen LogP contribution in [0.2, 0.25) is 10.0 Å². The molecule has 24 heavy (non-hydrogen) atoms. The average molecular weight is 384 g/mol. The van der Waals surface area contributed by atoms with Crippen molar-refractivity contribution in [2.75, 3.05) is 10.5 Å². The van der Waals surface area contributed by atoms with Gasteiger partial charge in [0.25, 0.3) is 0 Å². The highest BCUT2D eigenvalue weighted by Gasteiger charge is 2.08. The quantitative estimate of drug-likeness (QED) is 0.583. The Hall–Kier alpha value is -1.82. The highest BCUT2D eigenvalue weighted by molar-refractivity contribution is 7.92. The maximum absolute atomic E-state index is 12.2. The Labute approximate surface area is 151 Å². The van der Waals surface area contributed by atoms with E-state index >= 15 is 0 Å². The van der Waals surface area contributed by atoms with Crippen LogP contribution in [-0.2, 0) is 10.0 Å². The summed E-state index contributed by atoms with van der Waals surface area (Å²) >= 11 is 12.0. The standard InChI is InChI=1S/C17H15Cl2NO3S/c1-2-24(22,23)20-14-9-6-12(7-10-14)16(21)11-8-13-4-3-5-15(18)17(13)19/h3-11,20H,2H2,1H3. The number of carbonyl (C=O) groups excluding carboxylic acids is 1. The van der Waals surface area contributed by atoms with Crippen molar-refractivity contribution in [2.24, 2.45) is 0 Å². The third kappa shape index (κ3) is 4.84. The summed E-state index contributed by atoms with van der Waals surface area (Å²) in [6.45, 7) is 1.55. The van der Waals surface area contributed by atoms with Gasteiger partial charge in [-0.25, -0.2) is 8.42 Å². The number of anilines is 1. The Morgan fingerprint density at radius 1 is 1.12 bits per heavy atom. The Balaban J connectivity index is 2.13. The van der Waals surface area contributed by atoms with Crippen LogP contribution in [0.1, 0.15) is 22.8 Å².